The van der Waals surface area contributed by atoms with Gasteiger partial charge in [-0.1, -0.05) is 30.7 Å². The summed E-state index contributed by atoms with van der Waals surface area (Å²) >= 11 is 0. The van der Waals surface area contributed by atoms with Gasteiger partial charge in [0.1, 0.15) is 6.17 Å². The highest BCUT2D eigenvalue weighted by Crippen LogP contribution is 2.21. The molecule has 0 heterocycles. The highest BCUT2D eigenvalue weighted by molar-refractivity contribution is 5.17. The van der Waals surface area contributed by atoms with Crippen LogP contribution in [0, 0.1) is 5.92 Å². The topological polar surface area (TPSA) is 0 Å². The Morgan fingerprint density at radius 2 is 2.30 bits per heavy atom. The van der Waals surface area contributed by atoms with Gasteiger partial charge in [-0.3, -0.25) is 0 Å². The van der Waals surface area contributed by atoms with Crippen molar-refractivity contribution in [3.8, 4) is 0 Å². The van der Waals surface area contributed by atoms with E-state index < -0.39 is 6.17 Å². The van der Waals surface area contributed by atoms with Crippen molar-refractivity contribution < 1.29 is 4.39 Å². The normalized spacial score (nSPS) is 33.3. The average molecular weight is 140 g/mol. The van der Waals surface area contributed by atoms with E-state index in [-0.39, 0.29) is 0 Å². The third-order valence-corrected chi connectivity index (χ3v) is 2.04. The van der Waals surface area contributed by atoms with Crippen molar-refractivity contribution in [2.45, 2.75) is 26.4 Å². The van der Waals surface area contributed by atoms with Crippen LogP contribution in [0.5, 0.6) is 0 Å². The minimum atomic E-state index is -0.747. The van der Waals surface area contributed by atoms with Gasteiger partial charge >= 0.3 is 0 Å². The van der Waals surface area contributed by atoms with Crippen molar-refractivity contribution in [1.82, 2.24) is 0 Å². The van der Waals surface area contributed by atoms with Gasteiger partial charge in [-0.15, -0.1) is 0 Å². The number of alkyl halides is 1. The maximum Gasteiger partial charge on any atom is 0.119 e. The standard InChI is InChI=1S/C9H13F/c1-7-4-3-5-9(10)6-8(7)2/h3-5,8-9H,6H2,1-2H3. The molecule has 0 radical (unpaired) electrons. The third kappa shape index (κ3) is 1.69. The van der Waals surface area contributed by atoms with E-state index in [0.29, 0.717) is 12.3 Å². The molecule has 0 aromatic heterocycles. The zero-order valence-corrected chi connectivity index (χ0v) is 6.47. The zero-order valence-electron chi connectivity index (χ0n) is 6.47. The van der Waals surface area contributed by atoms with Crippen molar-refractivity contribution in [2.24, 2.45) is 5.92 Å². The van der Waals surface area contributed by atoms with Crippen LogP contribution >= 0.6 is 0 Å². The lowest BCUT2D eigenvalue weighted by Gasteiger charge is -2.09. The number of rotatable bonds is 0. The largest absolute Gasteiger partial charge is 0.243 e. The van der Waals surface area contributed by atoms with Crippen LogP contribution < -0.4 is 0 Å². The van der Waals surface area contributed by atoms with Crippen LogP contribution in [0.25, 0.3) is 0 Å². The Morgan fingerprint density at radius 3 is 3.00 bits per heavy atom. The van der Waals surface area contributed by atoms with Crippen molar-refractivity contribution >= 4 is 0 Å². The van der Waals surface area contributed by atoms with Gasteiger partial charge in [-0.05, 0) is 19.3 Å². The molecule has 0 spiro atoms. The second kappa shape index (κ2) is 3.00. The highest BCUT2D eigenvalue weighted by Gasteiger charge is 2.12. The Balaban J connectivity index is 2.67. The lowest BCUT2D eigenvalue weighted by molar-refractivity contribution is 0.348. The molecule has 0 N–H and O–H groups in total. The zero-order chi connectivity index (χ0) is 7.56. The predicted molar refractivity (Wildman–Crippen MR) is 41.6 cm³/mol. The van der Waals surface area contributed by atoms with Crippen LogP contribution in [0.15, 0.2) is 23.8 Å². The molecule has 0 bridgehead atoms. The first-order valence-corrected chi connectivity index (χ1v) is 3.69. The Kier molecular flexibility index (Phi) is 2.25. The van der Waals surface area contributed by atoms with Gasteiger partial charge in [-0.2, -0.15) is 0 Å². The van der Waals surface area contributed by atoms with Crippen LogP contribution in [0.1, 0.15) is 20.3 Å². The van der Waals surface area contributed by atoms with Crippen LogP contribution in [-0.4, -0.2) is 6.17 Å². The van der Waals surface area contributed by atoms with Gasteiger partial charge in [0, 0.05) is 0 Å². The summed E-state index contributed by atoms with van der Waals surface area (Å²) in [5, 5.41) is 0. The third-order valence-electron chi connectivity index (χ3n) is 2.04. The summed E-state index contributed by atoms with van der Waals surface area (Å²) in [5.41, 5.74) is 1.27. The molecule has 0 nitrogen and oxygen atoms in total. The molecule has 0 aliphatic heterocycles. The van der Waals surface area contributed by atoms with Gasteiger partial charge in [0.05, 0.1) is 0 Å². The Labute approximate surface area is 61.4 Å². The van der Waals surface area contributed by atoms with Gasteiger partial charge in [0.2, 0.25) is 0 Å². The fourth-order valence-electron chi connectivity index (χ4n) is 1.09. The molecule has 1 rings (SSSR count). The molecule has 0 saturated heterocycles. The summed E-state index contributed by atoms with van der Waals surface area (Å²) in [6.07, 6.45) is 5.31. The van der Waals surface area contributed by atoms with Gasteiger partial charge in [0.25, 0.3) is 0 Å². The molecule has 0 aromatic carbocycles. The Morgan fingerprint density at radius 1 is 1.60 bits per heavy atom. The van der Waals surface area contributed by atoms with Crippen molar-refractivity contribution in [1.29, 1.82) is 0 Å². The predicted octanol–water partition coefficient (Wildman–Crippen LogP) is 2.87. The minimum Gasteiger partial charge on any atom is -0.243 e. The summed E-state index contributed by atoms with van der Waals surface area (Å²) in [6.45, 7) is 4.11. The number of hydrogen-bond acceptors (Lipinski definition) is 0. The van der Waals surface area contributed by atoms with E-state index in [1.165, 1.54) is 5.57 Å². The number of halogens is 1. The maximum absolute atomic E-state index is 12.7. The van der Waals surface area contributed by atoms with E-state index in [0.717, 1.165) is 0 Å². The van der Waals surface area contributed by atoms with Crippen molar-refractivity contribution in [2.75, 3.05) is 0 Å². The van der Waals surface area contributed by atoms with E-state index in [1.54, 1.807) is 6.08 Å². The fraction of sp³-hybridized carbons (Fsp3) is 0.556. The lowest BCUT2D eigenvalue weighted by Crippen LogP contribution is -2.03. The van der Waals surface area contributed by atoms with E-state index in [2.05, 4.69) is 6.92 Å². The molecule has 0 amide bonds. The SMILES string of the molecule is CC1=CC=CC(F)CC1C. The minimum absolute atomic E-state index is 0.394. The summed E-state index contributed by atoms with van der Waals surface area (Å²) in [6, 6.07) is 0. The highest BCUT2D eigenvalue weighted by atomic mass is 19.1. The van der Waals surface area contributed by atoms with Crippen molar-refractivity contribution in [3.63, 3.8) is 0 Å². The molecule has 56 valence electrons. The second-order valence-electron chi connectivity index (χ2n) is 2.95. The van der Waals surface area contributed by atoms with E-state index >= 15 is 0 Å². The molecule has 1 aliphatic rings. The summed E-state index contributed by atoms with van der Waals surface area (Å²) in [7, 11) is 0. The number of allylic oxidation sites excluding steroid dienone is 4. The molecule has 0 saturated carbocycles. The average Bonchev–Trinajstić information content (AvgIpc) is 1.96. The van der Waals surface area contributed by atoms with Gasteiger partial charge in [0.15, 0.2) is 0 Å². The Hall–Kier alpha value is -0.590. The first-order chi connectivity index (χ1) is 4.70. The van der Waals surface area contributed by atoms with Crippen LogP contribution in [0.4, 0.5) is 4.39 Å². The van der Waals surface area contributed by atoms with E-state index in [9.17, 15) is 4.39 Å². The monoisotopic (exact) mass is 140 g/mol. The summed E-state index contributed by atoms with van der Waals surface area (Å²) < 4.78 is 12.7. The summed E-state index contributed by atoms with van der Waals surface area (Å²) in [4.78, 5) is 0. The molecule has 2 unspecified atom stereocenters. The Bertz CT molecular complexity index is 168. The van der Waals surface area contributed by atoms with Crippen LogP contribution in [-0.2, 0) is 0 Å². The molecule has 0 aromatic rings. The second-order valence-corrected chi connectivity index (χ2v) is 2.95. The van der Waals surface area contributed by atoms with Crippen molar-refractivity contribution in [3.05, 3.63) is 23.8 Å². The van der Waals surface area contributed by atoms with E-state index in [1.807, 2.05) is 19.1 Å². The summed E-state index contributed by atoms with van der Waals surface area (Å²) in [5.74, 6) is 0.394. The van der Waals surface area contributed by atoms with Crippen LogP contribution in [0.2, 0.25) is 0 Å². The first-order valence-electron chi connectivity index (χ1n) is 3.69. The van der Waals surface area contributed by atoms with E-state index in [4.69, 9.17) is 0 Å². The maximum atomic E-state index is 12.7. The number of hydrogen-bond donors (Lipinski definition) is 0. The molecular weight excluding hydrogens is 127 g/mol. The molecule has 10 heavy (non-hydrogen) atoms. The lowest BCUT2D eigenvalue weighted by atomic mass is 9.98. The first kappa shape index (κ1) is 7.52. The van der Waals surface area contributed by atoms with Gasteiger partial charge < -0.3 is 0 Å². The molecule has 0 fully saturated rings. The smallest absolute Gasteiger partial charge is 0.119 e. The van der Waals surface area contributed by atoms with Crippen LogP contribution in [0.3, 0.4) is 0 Å². The molecule has 1 heteroatoms. The quantitative estimate of drug-likeness (QED) is 0.485. The fourth-order valence-corrected chi connectivity index (χ4v) is 1.09. The molecule has 2 atom stereocenters. The molecular formula is C9H13F. The van der Waals surface area contributed by atoms with Gasteiger partial charge in [-0.25, -0.2) is 4.39 Å². The molecule has 1 aliphatic carbocycles.